The Morgan fingerprint density at radius 2 is 1.89 bits per heavy atom. The Kier molecular flexibility index (Phi) is 5.50. The van der Waals surface area contributed by atoms with Crippen molar-refractivity contribution in [2.45, 2.75) is 32.4 Å². The highest BCUT2D eigenvalue weighted by Crippen LogP contribution is 2.45. The number of rotatable bonds is 4. The lowest BCUT2D eigenvalue weighted by Crippen LogP contribution is -2.29. The Morgan fingerprint density at radius 1 is 1.13 bits per heavy atom. The second kappa shape index (κ2) is 8.77. The summed E-state index contributed by atoms with van der Waals surface area (Å²) < 4.78 is 6.59. The zero-order chi connectivity index (χ0) is 26.7. The Bertz CT molecular complexity index is 1690. The number of amides is 1. The van der Waals surface area contributed by atoms with E-state index in [0.717, 1.165) is 15.8 Å². The molecule has 1 N–H and O–H groups in total. The summed E-state index contributed by atoms with van der Waals surface area (Å²) in [5, 5.41) is 23.0. The van der Waals surface area contributed by atoms with E-state index < -0.39 is 22.7 Å². The molecule has 2 aliphatic heterocycles. The molecular formula is C28H21N3O6S. The molecule has 1 amide bonds. The van der Waals surface area contributed by atoms with Crippen LogP contribution in [0.4, 0.5) is 10.8 Å². The number of fused-ring (bicyclic) bond motifs is 2. The van der Waals surface area contributed by atoms with Gasteiger partial charge in [-0.05, 0) is 73.0 Å². The number of aromatic nitrogens is 1. The maximum atomic E-state index is 13.5. The first-order chi connectivity index (χ1) is 18.2. The fourth-order valence-corrected chi connectivity index (χ4v) is 6.06. The van der Waals surface area contributed by atoms with Crippen molar-refractivity contribution in [2.75, 3.05) is 4.90 Å². The van der Waals surface area contributed by atoms with Crippen LogP contribution >= 0.6 is 11.3 Å². The first-order valence-corrected chi connectivity index (χ1v) is 12.8. The largest absolute Gasteiger partial charge is 0.507 e. The SMILES string of the molecule is Cc1ccc2nc(N3C(=O)C(=O)/C(=C(/O)c4ccc5c(c4)C[C@H](C)O5)[C@@H]3c3ccc([N+](=O)[O-])cc3)sc2c1. The summed E-state index contributed by atoms with van der Waals surface area (Å²) in [6.45, 7) is 3.89. The molecule has 190 valence electrons. The van der Waals surface area contributed by atoms with Crippen molar-refractivity contribution in [3.8, 4) is 5.75 Å². The number of nitro benzene ring substituents is 1. The average molecular weight is 528 g/mol. The van der Waals surface area contributed by atoms with Crippen LogP contribution in [0.3, 0.4) is 0 Å². The number of benzene rings is 3. The molecular weight excluding hydrogens is 506 g/mol. The molecule has 3 heterocycles. The van der Waals surface area contributed by atoms with E-state index in [9.17, 15) is 24.8 Å². The molecule has 0 spiro atoms. The highest BCUT2D eigenvalue weighted by Gasteiger charge is 2.48. The number of aliphatic hydroxyl groups excluding tert-OH is 1. The molecule has 10 heteroatoms. The molecule has 1 aromatic heterocycles. The second-order valence-electron chi connectivity index (χ2n) is 9.44. The van der Waals surface area contributed by atoms with Crippen molar-refractivity contribution in [2.24, 2.45) is 0 Å². The minimum absolute atomic E-state index is 0.00393. The first kappa shape index (κ1) is 23.8. The van der Waals surface area contributed by atoms with Crippen LogP contribution in [-0.2, 0) is 16.0 Å². The Labute approximate surface area is 220 Å². The molecule has 38 heavy (non-hydrogen) atoms. The zero-order valence-corrected chi connectivity index (χ0v) is 21.2. The van der Waals surface area contributed by atoms with E-state index in [4.69, 9.17) is 4.74 Å². The van der Waals surface area contributed by atoms with E-state index in [2.05, 4.69) is 4.98 Å². The minimum atomic E-state index is -1.03. The van der Waals surface area contributed by atoms with Gasteiger partial charge < -0.3 is 9.84 Å². The standard InChI is InChI=1S/C28H21N3O6S/c1-14-3-9-20-22(11-14)38-28(29-20)30-24(16-4-7-19(8-5-16)31(35)36)23(26(33)27(30)34)25(32)17-6-10-21-18(13-17)12-15(2)37-21/h3-11,13,15,24,32H,12H2,1-2H3/b25-23+/t15-,24-/m0/s1. The third-order valence-corrected chi connectivity index (χ3v) is 7.79. The van der Waals surface area contributed by atoms with E-state index in [1.807, 2.05) is 32.0 Å². The molecule has 0 bridgehead atoms. The van der Waals surface area contributed by atoms with Crippen LogP contribution in [0.5, 0.6) is 5.75 Å². The molecule has 3 aromatic carbocycles. The van der Waals surface area contributed by atoms with E-state index in [0.29, 0.717) is 33.9 Å². The number of hydrogen-bond acceptors (Lipinski definition) is 8. The van der Waals surface area contributed by atoms with Crippen molar-refractivity contribution >= 4 is 49.8 Å². The summed E-state index contributed by atoms with van der Waals surface area (Å²) in [5.41, 5.74) is 3.17. The summed E-state index contributed by atoms with van der Waals surface area (Å²) in [5.74, 6) is -1.30. The fraction of sp³-hybridized carbons (Fsp3) is 0.179. The summed E-state index contributed by atoms with van der Waals surface area (Å²) in [6.07, 6.45) is 0.651. The molecule has 2 aliphatic rings. The molecule has 0 saturated carbocycles. The van der Waals surface area contributed by atoms with Gasteiger partial charge in [-0.25, -0.2) is 4.98 Å². The molecule has 1 fully saturated rings. The van der Waals surface area contributed by atoms with Gasteiger partial charge in [-0.1, -0.05) is 17.4 Å². The number of aliphatic hydroxyl groups is 1. The maximum absolute atomic E-state index is 13.5. The minimum Gasteiger partial charge on any atom is -0.507 e. The number of thiazole rings is 1. The average Bonchev–Trinajstić information content (AvgIpc) is 3.55. The molecule has 0 radical (unpaired) electrons. The number of ether oxygens (including phenoxy) is 1. The summed E-state index contributed by atoms with van der Waals surface area (Å²) in [4.78, 5) is 43.5. The van der Waals surface area contributed by atoms with Crippen LogP contribution < -0.4 is 9.64 Å². The Hall–Kier alpha value is -4.57. The third-order valence-electron chi connectivity index (χ3n) is 6.77. The maximum Gasteiger partial charge on any atom is 0.301 e. The normalized spacial score (nSPS) is 20.1. The van der Waals surface area contributed by atoms with Crippen LogP contribution in [0.1, 0.15) is 35.2 Å². The van der Waals surface area contributed by atoms with Gasteiger partial charge in [0.2, 0.25) is 0 Å². The van der Waals surface area contributed by atoms with Crippen LogP contribution in [0.25, 0.3) is 16.0 Å². The topological polar surface area (TPSA) is 123 Å². The Balaban J connectivity index is 1.53. The van der Waals surface area contributed by atoms with E-state index in [-0.39, 0.29) is 23.1 Å². The number of aryl methyl sites for hydroxylation is 1. The molecule has 6 rings (SSSR count). The monoisotopic (exact) mass is 527 g/mol. The highest BCUT2D eigenvalue weighted by molar-refractivity contribution is 7.22. The van der Waals surface area contributed by atoms with Gasteiger partial charge in [0.1, 0.15) is 17.6 Å². The number of ketones is 1. The van der Waals surface area contributed by atoms with Crippen LogP contribution in [0.15, 0.2) is 66.2 Å². The summed E-state index contributed by atoms with van der Waals surface area (Å²) >= 11 is 1.26. The van der Waals surface area contributed by atoms with Gasteiger partial charge in [0.05, 0.1) is 26.8 Å². The fourth-order valence-electron chi connectivity index (χ4n) is 4.97. The summed E-state index contributed by atoms with van der Waals surface area (Å²) in [7, 11) is 0. The molecule has 1 saturated heterocycles. The van der Waals surface area contributed by atoms with Crippen LogP contribution in [-0.4, -0.2) is 32.8 Å². The second-order valence-corrected chi connectivity index (χ2v) is 10.4. The van der Waals surface area contributed by atoms with Gasteiger partial charge in [0.25, 0.3) is 11.5 Å². The molecule has 4 aromatic rings. The molecule has 9 nitrogen and oxygen atoms in total. The van der Waals surface area contributed by atoms with Crippen LogP contribution in [0.2, 0.25) is 0 Å². The number of Topliss-reactive ketones (excluding diaryl/α,β-unsaturated/α-hetero) is 1. The first-order valence-electron chi connectivity index (χ1n) is 11.9. The number of nitrogens with zero attached hydrogens (tertiary/aromatic N) is 3. The van der Waals surface area contributed by atoms with Crippen molar-refractivity contribution in [3.63, 3.8) is 0 Å². The van der Waals surface area contributed by atoms with Gasteiger partial charge in [-0.15, -0.1) is 0 Å². The lowest BCUT2D eigenvalue weighted by Gasteiger charge is -2.23. The van der Waals surface area contributed by atoms with Crippen molar-refractivity contribution in [1.82, 2.24) is 4.98 Å². The van der Waals surface area contributed by atoms with E-state index in [1.165, 1.54) is 40.5 Å². The van der Waals surface area contributed by atoms with Gasteiger partial charge in [-0.2, -0.15) is 0 Å². The lowest BCUT2D eigenvalue weighted by atomic mass is 9.94. The Morgan fingerprint density at radius 3 is 2.63 bits per heavy atom. The predicted molar refractivity (Wildman–Crippen MR) is 142 cm³/mol. The van der Waals surface area contributed by atoms with Gasteiger partial charge in [0, 0.05) is 24.1 Å². The summed E-state index contributed by atoms with van der Waals surface area (Å²) in [6, 6.07) is 15.4. The number of anilines is 1. The molecule has 0 aliphatic carbocycles. The van der Waals surface area contributed by atoms with E-state index >= 15 is 0 Å². The molecule has 0 unspecified atom stereocenters. The van der Waals surface area contributed by atoms with E-state index in [1.54, 1.807) is 18.2 Å². The quantitative estimate of drug-likeness (QED) is 0.123. The van der Waals surface area contributed by atoms with Crippen molar-refractivity contribution in [3.05, 3.63) is 98.6 Å². The van der Waals surface area contributed by atoms with Gasteiger partial charge in [0.15, 0.2) is 5.13 Å². The number of non-ortho nitro benzene ring substituents is 1. The number of hydrogen-bond donors (Lipinski definition) is 1. The third kappa shape index (κ3) is 3.81. The van der Waals surface area contributed by atoms with Gasteiger partial charge in [-0.3, -0.25) is 24.6 Å². The number of nitro groups is 1. The highest BCUT2D eigenvalue weighted by atomic mass is 32.1. The number of carbonyl (C=O) groups is 2. The van der Waals surface area contributed by atoms with Crippen molar-refractivity contribution in [1.29, 1.82) is 0 Å². The number of carbonyl (C=O) groups excluding carboxylic acids is 2. The molecule has 2 atom stereocenters. The lowest BCUT2D eigenvalue weighted by molar-refractivity contribution is -0.384. The zero-order valence-electron chi connectivity index (χ0n) is 20.4. The van der Waals surface area contributed by atoms with Gasteiger partial charge >= 0.3 is 5.91 Å². The van der Waals surface area contributed by atoms with Crippen LogP contribution in [0, 0.1) is 17.0 Å². The van der Waals surface area contributed by atoms with Crippen molar-refractivity contribution < 1.29 is 24.4 Å². The predicted octanol–water partition coefficient (Wildman–Crippen LogP) is 5.46. The smallest absolute Gasteiger partial charge is 0.301 e.